The van der Waals surface area contributed by atoms with E-state index < -0.39 is 176 Å². The van der Waals surface area contributed by atoms with Gasteiger partial charge in [-0.25, -0.2) is 22.8 Å². The Morgan fingerprint density at radius 2 is 1.04 bits per heavy atom. The normalized spacial score (nSPS) is 24.1. The van der Waals surface area contributed by atoms with E-state index in [4.69, 9.17) is 52.1 Å². The van der Waals surface area contributed by atoms with Gasteiger partial charge in [-0.3, -0.25) is 24.0 Å². The third kappa shape index (κ3) is 13.6. The summed E-state index contributed by atoms with van der Waals surface area (Å²) in [6.45, 7) is 3.69. The summed E-state index contributed by atoms with van der Waals surface area (Å²) < 4.78 is 134. The van der Waals surface area contributed by atoms with Gasteiger partial charge in [-0.1, -0.05) is 58.8 Å². The molecule has 12 atom stereocenters. The number of esters is 6. The Morgan fingerprint density at radius 1 is 0.597 bits per heavy atom. The number of nitrogens with one attached hydrogen (secondary N) is 1. The van der Waals surface area contributed by atoms with Crippen molar-refractivity contribution in [1.29, 1.82) is 0 Å². The molecule has 0 radical (unpaired) electrons. The topological polar surface area (TPSA) is 331 Å². The molecule has 30 heteroatoms. The van der Waals surface area contributed by atoms with Crippen LogP contribution in [0.15, 0.2) is 58.8 Å². The minimum absolute atomic E-state index is 0.407. The van der Waals surface area contributed by atoms with Gasteiger partial charge in [0, 0.05) is 50.4 Å². The lowest BCUT2D eigenvalue weighted by Crippen LogP contribution is -2.66. The van der Waals surface area contributed by atoms with Crippen LogP contribution in [0.2, 0.25) is 0 Å². The van der Waals surface area contributed by atoms with Crippen molar-refractivity contribution in [2.75, 3.05) is 19.8 Å². The second-order valence-corrected chi connectivity index (χ2v) is 17.0. The van der Waals surface area contributed by atoms with Crippen LogP contribution >= 0.6 is 0 Å². The van der Waals surface area contributed by atoms with Crippen LogP contribution < -0.4 is 10.1 Å². The number of amides is 1. The van der Waals surface area contributed by atoms with Crippen LogP contribution in [-0.2, 0) is 76.1 Å². The molecule has 412 valence electrons. The number of rotatable bonds is 19. The predicted octanol–water partition coefficient (Wildman–Crippen LogP) is 5.71. The first-order chi connectivity index (χ1) is 36.6. The lowest BCUT2D eigenvalue weighted by Gasteiger charge is -2.48. The van der Waals surface area contributed by atoms with E-state index in [1.807, 2.05) is 12.1 Å². The lowest BCUT2D eigenvalue weighted by molar-refractivity contribution is -0.330. The maximum absolute atomic E-state index is 15.0. The monoisotopic (exact) mass is 1090 g/mol. The maximum atomic E-state index is 15.0. The Bertz CT molecular complexity index is 2800. The summed E-state index contributed by atoms with van der Waals surface area (Å²) in [7, 11) is 0. The zero-order valence-corrected chi connectivity index (χ0v) is 41.2. The van der Waals surface area contributed by atoms with Gasteiger partial charge in [0.25, 0.3) is 0 Å². The Hall–Kier alpha value is -8.14. The van der Waals surface area contributed by atoms with E-state index in [2.05, 4.69) is 25.4 Å². The van der Waals surface area contributed by atoms with Crippen molar-refractivity contribution >= 4 is 41.9 Å². The van der Waals surface area contributed by atoms with Gasteiger partial charge in [0.05, 0.1) is 6.10 Å². The van der Waals surface area contributed by atoms with E-state index in [1.54, 1.807) is 36.4 Å². The molecule has 3 aliphatic rings. The zero-order valence-electron chi connectivity index (χ0n) is 41.2. The molecule has 3 aromatic carbocycles. The van der Waals surface area contributed by atoms with E-state index in [1.165, 1.54) is 0 Å². The van der Waals surface area contributed by atoms with Gasteiger partial charge in [0.2, 0.25) is 34.8 Å². The molecule has 0 bridgehead atoms. The predicted molar refractivity (Wildman–Crippen MR) is 242 cm³/mol. The molecule has 0 aromatic heterocycles. The van der Waals surface area contributed by atoms with Gasteiger partial charge in [0.1, 0.15) is 50.2 Å². The van der Waals surface area contributed by atoms with Gasteiger partial charge >= 0.3 is 41.9 Å². The number of fused-ring (bicyclic) bond motifs is 3. The third-order valence-corrected chi connectivity index (χ3v) is 11.8. The summed E-state index contributed by atoms with van der Waals surface area (Å²) in [6, 6.07) is 7.90. The minimum Gasteiger partial charge on any atom is -0.463 e. The highest BCUT2D eigenvalue weighted by molar-refractivity contribution is 5.84. The SMILES string of the molecule is CC(=O)OC[C@H]1O[C@H](O[C@@H]2[C@@H](N=[N+]=[N-])[C@@H](O[C@H](C)[C@H](NC(=O)OCC3c4ccccc4-c4ccccc43)C(=O)Oc3c(F)c(F)c(F)c(F)c3F)O[C@H](COC(C)=O)[C@@H]2OC(C)=O)[C@H](N=[N+]=[N-])[C@@H](OC(C)=O)[C@H]1OC(C)=O. The smallest absolute Gasteiger partial charge is 0.407 e. The van der Waals surface area contributed by atoms with Crippen LogP contribution in [0.1, 0.15) is 58.6 Å². The Labute approximate surface area is 431 Å². The Balaban J connectivity index is 1.40. The molecule has 1 N–H and O–H groups in total. The molecule has 0 saturated carbocycles. The van der Waals surface area contributed by atoms with Crippen molar-refractivity contribution in [3.63, 3.8) is 0 Å². The zero-order chi connectivity index (χ0) is 56.4. The summed E-state index contributed by atoms with van der Waals surface area (Å²) in [4.78, 5) is 95.2. The van der Waals surface area contributed by atoms with Crippen molar-refractivity contribution in [1.82, 2.24) is 5.32 Å². The molecular formula is C47H46F5N7O18. The quantitative estimate of drug-likeness (QED) is 0.0173. The summed E-state index contributed by atoms with van der Waals surface area (Å²) in [5.74, 6) is -22.4. The van der Waals surface area contributed by atoms with E-state index >= 15 is 8.78 Å². The molecule has 1 amide bonds. The number of ether oxygens (including phenoxy) is 11. The molecule has 2 fully saturated rings. The van der Waals surface area contributed by atoms with E-state index in [-0.39, 0.29) is 0 Å². The van der Waals surface area contributed by atoms with Crippen LogP contribution in [0, 0.1) is 29.1 Å². The fourth-order valence-corrected chi connectivity index (χ4v) is 8.61. The van der Waals surface area contributed by atoms with Crippen molar-refractivity contribution in [2.45, 2.75) is 121 Å². The standard InChI is InChI=1S/C47H46F5N7O18/c1-18(36(44(65)76-41-34(51)32(49)31(48)33(50)35(41)52)55-47(66)69-15-28-26-13-9-7-11-24(26)25-12-8-10-14-27(25)28)70-45-38(57-59-54)43(40(72-22(5)63)30(74-45)17-68-20(3)61)77-46-37(56-58-53)42(73-23(6)64)39(71-21(4)62)29(75-46)16-67-19(2)60/h7-14,18,28-30,36-40,42-43,45-46H,15-17H2,1-6H3,(H,55,66)/t18-,29-,30-,36+,37-,38-,39+,40+,42-,43-,45+,46-/m1/s1. The summed E-state index contributed by atoms with van der Waals surface area (Å²) in [5.41, 5.74) is 22.8. The number of hydrogen-bond acceptors (Lipinski definition) is 20. The van der Waals surface area contributed by atoms with Gasteiger partial charge in [-0.05, 0) is 40.2 Å². The number of halogens is 5. The van der Waals surface area contributed by atoms with E-state index in [0.29, 0.717) is 0 Å². The molecule has 3 aromatic rings. The number of hydrogen-bond donors (Lipinski definition) is 1. The van der Waals surface area contributed by atoms with Crippen LogP contribution in [0.5, 0.6) is 5.75 Å². The fraction of sp³-hybridized carbons (Fsp3) is 0.468. The van der Waals surface area contributed by atoms with Crippen molar-refractivity contribution in [2.24, 2.45) is 10.2 Å². The van der Waals surface area contributed by atoms with Crippen LogP contribution in [0.25, 0.3) is 32.0 Å². The molecule has 1 aliphatic carbocycles. The number of nitrogens with zero attached hydrogens (tertiary/aromatic N) is 6. The summed E-state index contributed by atoms with van der Waals surface area (Å²) >= 11 is 0. The van der Waals surface area contributed by atoms with E-state index in [0.717, 1.165) is 63.8 Å². The molecule has 77 heavy (non-hydrogen) atoms. The maximum Gasteiger partial charge on any atom is 0.407 e. The van der Waals surface area contributed by atoms with Crippen molar-refractivity contribution in [3.05, 3.63) is 110 Å². The first kappa shape index (κ1) is 58.1. The van der Waals surface area contributed by atoms with Gasteiger partial charge < -0.3 is 57.4 Å². The average molecular weight is 1090 g/mol. The number of azide groups is 2. The molecule has 25 nitrogen and oxygen atoms in total. The molecule has 2 aliphatic heterocycles. The molecule has 0 unspecified atom stereocenters. The highest BCUT2D eigenvalue weighted by Gasteiger charge is 2.56. The van der Waals surface area contributed by atoms with Gasteiger partial charge in [-0.15, -0.1) is 0 Å². The van der Waals surface area contributed by atoms with Gasteiger partial charge in [0.15, 0.2) is 36.9 Å². The van der Waals surface area contributed by atoms with Crippen molar-refractivity contribution < 1.29 is 108 Å². The van der Waals surface area contributed by atoms with Crippen LogP contribution in [-0.4, -0.2) is 135 Å². The molecular weight excluding hydrogens is 1050 g/mol. The minimum atomic E-state index is -2.61. The highest BCUT2D eigenvalue weighted by atomic mass is 19.2. The second-order valence-electron chi connectivity index (χ2n) is 17.0. The number of carbonyl (C=O) groups excluding carboxylic acids is 7. The fourth-order valence-electron chi connectivity index (χ4n) is 8.61. The van der Waals surface area contributed by atoms with E-state index in [9.17, 15) is 57.8 Å². The largest absolute Gasteiger partial charge is 0.463 e. The highest BCUT2D eigenvalue weighted by Crippen LogP contribution is 2.45. The lowest BCUT2D eigenvalue weighted by atomic mass is 9.94. The molecule has 6 rings (SSSR count). The molecule has 2 heterocycles. The summed E-state index contributed by atoms with van der Waals surface area (Å²) in [6.07, 6.45) is -18.6. The second kappa shape index (κ2) is 25.6. The number of alkyl carbamates (subject to hydrolysis) is 1. The number of benzene rings is 3. The Morgan fingerprint density at radius 3 is 1.52 bits per heavy atom. The van der Waals surface area contributed by atoms with Crippen LogP contribution in [0.4, 0.5) is 26.7 Å². The Kier molecular flexibility index (Phi) is 19.3. The number of carbonyl (C=O) groups is 7. The third-order valence-electron chi connectivity index (χ3n) is 11.8. The van der Waals surface area contributed by atoms with Crippen molar-refractivity contribution in [3.8, 4) is 16.9 Å². The van der Waals surface area contributed by atoms with Crippen LogP contribution in [0.3, 0.4) is 0 Å². The average Bonchev–Trinajstić information content (AvgIpc) is 3.72. The molecule has 0 spiro atoms. The molecule has 2 saturated heterocycles. The van der Waals surface area contributed by atoms with Gasteiger partial charge in [-0.2, -0.15) is 8.78 Å². The first-order valence-electron chi connectivity index (χ1n) is 22.9. The summed E-state index contributed by atoms with van der Waals surface area (Å²) in [5, 5.41) is 9.43. The first-order valence-corrected chi connectivity index (χ1v) is 22.9.